The van der Waals surface area contributed by atoms with Gasteiger partial charge in [-0.3, -0.25) is 4.79 Å². The van der Waals surface area contributed by atoms with Gasteiger partial charge in [-0.15, -0.1) is 0 Å². The van der Waals surface area contributed by atoms with Gasteiger partial charge >= 0.3 is 0 Å². The predicted octanol–water partition coefficient (Wildman–Crippen LogP) is 4.74. The van der Waals surface area contributed by atoms with Crippen LogP contribution in [-0.2, 0) is 6.42 Å². The number of methoxy groups -OCH3 is 1. The predicted molar refractivity (Wildman–Crippen MR) is 82.2 cm³/mol. The Labute approximate surface area is 128 Å². The van der Waals surface area contributed by atoms with E-state index in [1.54, 1.807) is 31.4 Å². The van der Waals surface area contributed by atoms with Crippen molar-refractivity contribution < 1.29 is 9.53 Å². The first-order valence-electron chi connectivity index (χ1n) is 6.13. The molecule has 0 atom stereocenters. The maximum atomic E-state index is 12.4. The topological polar surface area (TPSA) is 26.3 Å². The van der Waals surface area contributed by atoms with Crippen molar-refractivity contribution in [3.05, 3.63) is 63.1 Å². The molecule has 2 aromatic carbocycles. The van der Waals surface area contributed by atoms with Gasteiger partial charge in [-0.2, -0.15) is 0 Å². The van der Waals surface area contributed by atoms with Crippen molar-refractivity contribution in [3.63, 3.8) is 0 Å². The molecule has 0 spiro atoms. The molecular formula is C16H14Cl2O2. The number of aryl methyl sites for hydroxylation is 1. The molecule has 2 rings (SSSR count). The van der Waals surface area contributed by atoms with Crippen molar-refractivity contribution in [2.24, 2.45) is 0 Å². The quantitative estimate of drug-likeness (QED) is 0.763. The van der Waals surface area contributed by atoms with Crippen LogP contribution in [0, 0.1) is 6.92 Å². The van der Waals surface area contributed by atoms with Gasteiger partial charge in [0.1, 0.15) is 5.75 Å². The first kappa shape index (κ1) is 14.9. The van der Waals surface area contributed by atoms with E-state index in [0.29, 0.717) is 21.4 Å². The second kappa shape index (κ2) is 6.29. The fraction of sp³-hybridized carbons (Fsp3) is 0.188. The molecule has 20 heavy (non-hydrogen) atoms. The number of benzene rings is 2. The average molecular weight is 309 g/mol. The summed E-state index contributed by atoms with van der Waals surface area (Å²) in [6.07, 6.45) is 0.261. The number of hydrogen-bond acceptors (Lipinski definition) is 2. The van der Waals surface area contributed by atoms with Crippen molar-refractivity contribution >= 4 is 29.0 Å². The number of Topliss-reactive ketones (excluding diaryl/α,β-unsaturated/α-hetero) is 1. The number of rotatable bonds is 4. The largest absolute Gasteiger partial charge is 0.496 e. The van der Waals surface area contributed by atoms with Gasteiger partial charge in [0.05, 0.1) is 22.7 Å². The minimum Gasteiger partial charge on any atom is -0.496 e. The maximum absolute atomic E-state index is 12.4. The van der Waals surface area contributed by atoms with E-state index < -0.39 is 0 Å². The van der Waals surface area contributed by atoms with Crippen LogP contribution in [0.2, 0.25) is 10.0 Å². The number of carbonyl (C=O) groups excluding carboxylic acids is 1. The number of halogens is 2. The molecule has 0 aliphatic carbocycles. The lowest BCUT2D eigenvalue weighted by atomic mass is 10.0. The zero-order valence-electron chi connectivity index (χ0n) is 11.2. The molecule has 0 fully saturated rings. The summed E-state index contributed by atoms with van der Waals surface area (Å²) in [5.41, 5.74) is 2.43. The molecule has 0 radical (unpaired) electrons. The van der Waals surface area contributed by atoms with Crippen LogP contribution in [0.5, 0.6) is 5.75 Å². The van der Waals surface area contributed by atoms with E-state index in [-0.39, 0.29) is 12.2 Å². The first-order chi connectivity index (χ1) is 9.51. The highest BCUT2D eigenvalue weighted by molar-refractivity contribution is 6.42. The summed E-state index contributed by atoms with van der Waals surface area (Å²) in [6, 6.07) is 10.8. The van der Waals surface area contributed by atoms with E-state index in [2.05, 4.69) is 0 Å². The van der Waals surface area contributed by atoms with Crippen LogP contribution >= 0.6 is 23.2 Å². The molecule has 0 aliphatic heterocycles. The molecule has 0 aromatic heterocycles. The summed E-state index contributed by atoms with van der Waals surface area (Å²) in [5, 5.41) is 0.934. The second-order valence-electron chi connectivity index (χ2n) is 4.55. The van der Waals surface area contributed by atoms with Crippen LogP contribution in [0.25, 0.3) is 0 Å². The first-order valence-corrected chi connectivity index (χ1v) is 6.88. The molecule has 0 amide bonds. The van der Waals surface area contributed by atoms with Gasteiger partial charge < -0.3 is 4.74 Å². The zero-order chi connectivity index (χ0) is 14.7. The molecule has 0 heterocycles. The molecule has 0 saturated heterocycles. The van der Waals surface area contributed by atoms with Crippen LogP contribution in [0.3, 0.4) is 0 Å². The summed E-state index contributed by atoms with van der Waals surface area (Å²) >= 11 is 11.8. The lowest BCUT2D eigenvalue weighted by Gasteiger charge is -2.09. The Morgan fingerprint density at radius 2 is 1.85 bits per heavy atom. The van der Waals surface area contributed by atoms with Crippen molar-refractivity contribution in [2.75, 3.05) is 7.11 Å². The lowest BCUT2D eigenvalue weighted by molar-refractivity contribution is 0.0990. The summed E-state index contributed by atoms with van der Waals surface area (Å²) in [7, 11) is 1.56. The van der Waals surface area contributed by atoms with Crippen molar-refractivity contribution in [3.8, 4) is 5.75 Å². The van der Waals surface area contributed by atoms with E-state index >= 15 is 0 Å². The van der Waals surface area contributed by atoms with Crippen molar-refractivity contribution in [1.29, 1.82) is 0 Å². The van der Waals surface area contributed by atoms with Gasteiger partial charge in [0.25, 0.3) is 0 Å². The normalized spacial score (nSPS) is 10.4. The van der Waals surface area contributed by atoms with Gasteiger partial charge in [0, 0.05) is 6.42 Å². The summed E-state index contributed by atoms with van der Waals surface area (Å²) in [6.45, 7) is 1.94. The van der Waals surface area contributed by atoms with Gasteiger partial charge in [0.15, 0.2) is 5.78 Å². The molecule has 4 heteroatoms. The molecule has 0 N–H and O–H groups in total. The zero-order valence-corrected chi connectivity index (χ0v) is 12.8. The highest BCUT2D eigenvalue weighted by Gasteiger charge is 2.13. The van der Waals surface area contributed by atoms with E-state index in [1.807, 2.05) is 19.1 Å². The summed E-state index contributed by atoms with van der Waals surface area (Å²) in [5.74, 6) is 0.574. The molecular weight excluding hydrogens is 295 g/mol. The Bertz CT molecular complexity index is 651. The van der Waals surface area contributed by atoms with Gasteiger partial charge in [-0.05, 0) is 36.8 Å². The lowest BCUT2D eigenvalue weighted by Crippen LogP contribution is -2.06. The Kier molecular flexibility index (Phi) is 4.69. The van der Waals surface area contributed by atoms with Crippen LogP contribution in [0.1, 0.15) is 21.5 Å². The smallest absolute Gasteiger partial charge is 0.170 e. The van der Waals surface area contributed by atoms with Gasteiger partial charge in [-0.25, -0.2) is 0 Å². The molecule has 0 bridgehead atoms. The Morgan fingerprint density at radius 1 is 1.10 bits per heavy atom. The van der Waals surface area contributed by atoms with Crippen molar-refractivity contribution in [1.82, 2.24) is 0 Å². The second-order valence-corrected chi connectivity index (χ2v) is 5.37. The van der Waals surface area contributed by atoms with E-state index in [4.69, 9.17) is 27.9 Å². The fourth-order valence-electron chi connectivity index (χ4n) is 1.97. The number of hydrogen-bond donors (Lipinski definition) is 0. The highest BCUT2D eigenvalue weighted by atomic mass is 35.5. The van der Waals surface area contributed by atoms with Gasteiger partial charge in [-0.1, -0.05) is 40.9 Å². The molecule has 104 valence electrons. The van der Waals surface area contributed by atoms with E-state index in [1.165, 1.54) is 0 Å². The molecule has 0 aliphatic rings. The highest BCUT2D eigenvalue weighted by Crippen LogP contribution is 2.25. The van der Waals surface area contributed by atoms with E-state index in [9.17, 15) is 4.79 Å². The average Bonchev–Trinajstić information content (AvgIpc) is 2.43. The minimum atomic E-state index is -0.0102. The molecule has 2 nitrogen and oxygen atoms in total. The summed E-state index contributed by atoms with van der Waals surface area (Å²) < 4.78 is 5.23. The standard InChI is InChI=1S/C16H14Cl2O2/c1-10-3-6-16(20-2)12(7-10)15(19)9-11-4-5-13(17)14(18)8-11/h3-8H,9H2,1-2H3. The molecule has 0 unspecified atom stereocenters. The van der Waals surface area contributed by atoms with Crippen LogP contribution < -0.4 is 4.74 Å². The third-order valence-electron chi connectivity index (χ3n) is 3.00. The number of ketones is 1. The Morgan fingerprint density at radius 3 is 2.50 bits per heavy atom. The number of ether oxygens (including phenoxy) is 1. The molecule has 2 aromatic rings. The minimum absolute atomic E-state index is 0.0102. The van der Waals surface area contributed by atoms with Gasteiger partial charge in [0.2, 0.25) is 0 Å². The van der Waals surface area contributed by atoms with Crippen molar-refractivity contribution in [2.45, 2.75) is 13.3 Å². The third kappa shape index (κ3) is 3.33. The van der Waals surface area contributed by atoms with Crippen LogP contribution in [0.4, 0.5) is 0 Å². The summed E-state index contributed by atoms with van der Waals surface area (Å²) in [4.78, 5) is 12.4. The number of carbonyl (C=O) groups is 1. The monoisotopic (exact) mass is 308 g/mol. The molecule has 0 saturated carbocycles. The Balaban J connectivity index is 2.27. The SMILES string of the molecule is COc1ccc(C)cc1C(=O)Cc1ccc(Cl)c(Cl)c1. The fourth-order valence-corrected chi connectivity index (χ4v) is 2.29. The maximum Gasteiger partial charge on any atom is 0.170 e. The Hall–Kier alpha value is -1.51. The van der Waals surface area contributed by atoms with Crippen LogP contribution in [-0.4, -0.2) is 12.9 Å². The van der Waals surface area contributed by atoms with Crippen LogP contribution in [0.15, 0.2) is 36.4 Å². The van der Waals surface area contributed by atoms with E-state index in [0.717, 1.165) is 11.1 Å². The third-order valence-corrected chi connectivity index (χ3v) is 3.74.